The summed E-state index contributed by atoms with van der Waals surface area (Å²) in [7, 11) is -4.54. The predicted molar refractivity (Wildman–Crippen MR) is 130 cm³/mol. The molecule has 14 heteroatoms. The molecule has 3 atom stereocenters. The van der Waals surface area contributed by atoms with Gasteiger partial charge in [0.15, 0.2) is 9.84 Å². The molecule has 0 spiro atoms. The monoisotopic (exact) mass is 613 g/mol. The van der Waals surface area contributed by atoms with Crippen LogP contribution in [-0.4, -0.2) is 43.9 Å². The fourth-order valence-corrected chi connectivity index (χ4v) is 8.60. The van der Waals surface area contributed by atoms with Crippen LogP contribution >= 0.6 is 0 Å². The quantitative estimate of drug-likeness (QED) is 0.326. The van der Waals surface area contributed by atoms with E-state index in [4.69, 9.17) is 0 Å². The van der Waals surface area contributed by atoms with Gasteiger partial charge >= 0.3 is 18.0 Å². The molecule has 0 heterocycles. The van der Waals surface area contributed by atoms with Gasteiger partial charge in [0.05, 0.1) is 10.5 Å². The average molecular weight is 614 g/mol. The molecule has 2 aliphatic rings. The zero-order chi connectivity index (χ0) is 30.8. The molecular weight excluding hydrogens is 586 g/mol. The Morgan fingerprint density at radius 3 is 2.10 bits per heavy atom. The van der Waals surface area contributed by atoms with E-state index in [9.17, 15) is 53.4 Å². The number of carbonyl (C=O) groups is 1. The summed E-state index contributed by atoms with van der Waals surface area (Å²) >= 11 is 0. The van der Waals surface area contributed by atoms with Crippen molar-refractivity contribution in [2.45, 2.75) is 72.8 Å². The highest BCUT2D eigenvalue weighted by molar-refractivity contribution is 7.92. The number of carbonyl (C=O) groups excluding carboxylic acids is 1. The van der Waals surface area contributed by atoms with Crippen LogP contribution in [0.4, 0.5) is 35.1 Å². The number of benzene rings is 2. The van der Waals surface area contributed by atoms with E-state index in [1.807, 2.05) is 0 Å². The molecule has 0 saturated heterocycles. The number of nitrogens with one attached hydrogen (secondary N) is 1. The van der Waals surface area contributed by atoms with Gasteiger partial charge in [-0.3, -0.25) is 4.79 Å². The minimum Gasteiger partial charge on any atom is -0.389 e. The first kappa shape index (κ1) is 31.2. The van der Waals surface area contributed by atoms with E-state index in [1.54, 1.807) is 0 Å². The second-order valence-electron chi connectivity index (χ2n) is 11.2. The molecule has 0 unspecified atom stereocenters. The molecule has 1 amide bonds. The molecule has 0 radical (unpaired) electrons. The number of hydrogen-bond donors (Lipinski definition) is 2. The number of hydrogen-bond acceptors (Lipinski definition) is 4. The summed E-state index contributed by atoms with van der Waals surface area (Å²) in [6.45, 7) is 2.71. The Hall–Kier alpha value is -2.74. The highest BCUT2D eigenvalue weighted by Crippen LogP contribution is 2.60. The summed E-state index contributed by atoms with van der Waals surface area (Å²) in [5.74, 6) is -3.24. The standard InChI is InChI=1S/C27H27F8NO4S/c1-23(2,38)14-36-22(37)19-11-12-24(41(39,40)18-7-5-17(28)6-8-18)20-10-4-16(13-15(20)3-9-21(19)24)25(29,26(30,31)32)27(33,34)35/h4-8,10,13,19,21,38H,3,9,11-12,14H2,1-2H3,(H,36,37)/t19-,21+,24-/m1/s1. The third-order valence-electron chi connectivity index (χ3n) is 8.01. The number of aryl methyl sites for hydroxylation is 1. The van der Waals surface area contributed by atoms with Crippen LogP contribution in [0.5, 0.6) is 0 Å². The Labute approximate surface area is 230 Å². The molecule has 0 aliphatic heterocycles. The van der Waals surface area contributed by atoms with E-state index >= 15 is 0 Å². The van der Waals surface area contributed by atoms with E-state index in [-0.39, 0.29) is 54.3 Å². The van der Waals surface area contributed by atoms with E-state index < -0.39 is 67.3 Å². The molecule has 1 fully saturated rings. The maximum absolute atomic E-state index is 14.9. The lowest BCUT2D eigenvalue weighted by molar-refractivity contribution is -0.348. The van der Waals surface area contributed by atoms with Crippen molar-refractivity contribution < 1.29 is 53.4 Å². The molecule has 0 aromatic heterocycles. The van der Waals surface area contributed by atoms with Crippen LogP contribution < -0.4 is 5.32 Å². The maximum atomic E-state index is 14.9. The van der Waals surface area contributed by atoms with Gasteiger partial charge in [0.2, 0.25) is 5.91 Å². The Bertz CT molecular complexity index is 1420. The van der Waals surface area contributed by atoms with Gasteiger partial charge in [0.1, 0.15) is 10.6 Å². The van der Waals surface area contributed by atoms with Gasteiger partial charge in [0, 0.05) is 18.0 Å². The van der Waals surface area contributed by atoms with Crippen LogP contribution in [0.15, 0.2) is 47.4 Å². The van der Waals surface area contributed by atoms with Crippen LogP contribution in [0, 0.1) is 17.7 Å². The molecule has 2 N–H and O–H groups in total. The molecule has 0 bridgehead atoms. The molecule has 2 aromatic carbocycles. The highest BCUT2D eigenvalue weighted by atomic mass is 32.2. The van der Waals surface area contributed by atoms with Crippen LogP contribution in [0.3, 0.4) is 0 Å². The topological polar surface area (TPSA) is 83.5 Å². The summed E-state index contributed by atoms with van der Waals surface area (Å²) in [6.07, 6.45) is -13.3. The summed E-state index contributed by atoms with van der Waals surface area (Å²) in [5.41, 5.74) is -9.09. The van der Waals surface area contributed by atoms with Gasteiger partial charge in [-0.25, -0.2) is 17.2 Å². The van der Waals surface area contributed by atoms with Crippen molar-refractivity contribution in [2.24, 2.45) is 11.8 Å². The second-order valence-corrected chi connectivity index (χ2v) is 13.4. The number of amides is 1. The number of aliphatic hydroxyl groups is 1. The minimum atomic E-state index is -6.36. The van der Waals surface area contributed by atoms with Crippen molar-refractivity contribution in [3.63, 3.8) is 0 Å². The smallest absolute Gasteiger partial charge is 0.389 e. The molecule has 2 aromatic rings. The molecule has 4 rings (SSSR count). The lowest BCUT2D eigenvalue weighted by atomic mass is 9.72. The SMILES string of the molecule is CC(C)(O)CNC(=O)[C@@H]1CC[C@@]2(S(=O)(=O)c3ccc(F)cc3)c3ccc(C(F)(C(F)(F)F)C(F)(F)F)cc3CC[C@@H]12. The third kappa shape index (κ3) is 5.00. The Morgan fingerprint density at radius 2 is 1.56 bits per heavy atom. The fraction of sp³-hybridized carbons (Fsp3) is 0.519. The minimum absolute atomic E-state index is 0.0118. The zero-order valence-corrected chi connectivity index (χ0v) is 22.7. The fourth-order valence-electron chi connectivity index (χ4n) is 6.13. The van der Waals surface area contributed by atoms with E-state index in [0.29, 0.717) is 6.07 Å². The predicted octanol–water partition coefficient (Wildman–Crippen LogP) is 5.64. The van der Waals surface area contributed by atoms with Crippen LogP contribution in [0.1, 0.15) is 49.8 Å². The first-order chi connectivity index (χ1) is 18.7. The van der Waals surface area contributed by atoms with Crippen molar-refractivity contribution >= 4 is 15.7 Å². The first-order valence-electron chi connectivity index (χ1n) is 12.6. The molecule has 1 saturated carbocycles. The Balaban J connectivity index is 1.90. The third-order valence-corrected chi connectivity index (χ3v) is 10.6. The van der Waals surface area contributed by atoms with E-state index in [0.717, 1.165) is 30.3 Å². The maximum Gasteiger partial charge on any atom is 0.435 e. The van der Waals surface area contributed by atoms with Crippen molar-refractivity contribution in [3.05, 3.63) is 65.0 Å². The lowest BCUT2D eigenvalue weighted by Crippen LogP contribution is -2.51. The number of alkyl halides is 7. The van der Waals surface area contributed by atoms with Crippen LogP contribution in [-0.2, 0) is 31.5 Å². The zero-order valence-electron chi connectivity index (χ0n) is 21.8. The van der Waals surface area contributed by atoms with Crippen molar-refractivity contribution in [2.75, 3.05) is 6.54 Å². The Kier molecular flexibility index (Phi) is 7.55. The largest absolute Gasteiger partial charge is 0.435 e. The van der Waals surface area contributed by atoms with Crippen molar-refractivity contribution in [3.8, 4) is 0 Å². The molecule has 5 nitrogen and oxygen atoms in total. The summed E-state index contributed by atoms with van der Waals surface area (Å²) in [6, 6.07) is 5.19. The number of fused-ring (bicyclic) bond motifs is 3. The number of rotatable bonds is 6. The molecule has 226 valence electrons. The Morgan fingerprint density at radius 1 is 0.976 bits per heavy atom. The average Bonchev–Trinajstić information content (AvgIpc) is 3.26. The molecule has 2 aliphatic carbocycles. The second kappa shape index (κ2) is 9.92. The van der Waals surface area contributed by atoms with E-state index in [1.165, 1.54) is 13.8 Å². The van der Waals surface area contributed by atoms with Gasteiger partial charge in [0.25, 0.3) is 0 Å². The normalized spacial score (nSPS) is 23.6. The molecular formula is C27H27F8NO4S. The van der Waals surface area contributed by atoms with Crippen molar-refractivity contribution in [1.82, 2.24) is 5.32 Å². The molecule has 41 heavy (non-hydrogen) atoms. The van der Waals surface area contributed by atoms with Gasteiger partial charge in [-0.2, -0.15) is 26.3 Å². The van der Waals surface area contributed by atoms with Crippen LogP contribution in [0.2, 0.25) is 0 Å². The van der Waals surface area contributed by atoms with Gasteiger partial charge < -0.3 is 10.4 Å². The summed E-state index contributed by atoms with van der Waals surface area (Å²) in [4.78, 5) is 12.8. The van der Waals surface area contributed by atoms with Crippen molar-refractivity contribution in [1.29, 1.82) is 0 Å². The highest BCUT2D eigenvalue weighted by Gasteiger charge is 2.74. The summed E-state index contributed by atoms with van der Waals surface area (Å²) < 4.78 is 136. The lowest BCUT2D eigenvalue weighted by Gasteiger charge is -2.42. The van der Waals surface area contributed by atoms with E-state index in [2.05, 4.69) is 5.32 Å². The van der Waals surface area contributed by atoms with Gasteiger partial charge in [-0.15, -0.1) is 0 Å². The number of sulfone groups is 1. The number of halogens is 8. The summed E-state index contributed by atoms with van der Waals surface area (Å²) in [5, 5.41) is 12.6. The van der Waals surface area contributed by atoms with Gasteiger partial charge in [-0.1, -0.05) is 18.2 Å². The van der Waals surface area contributed by atoms with Gasteiger partial charge in [-0.05, 0) is 80.8 Å². The van der Waals surface area contributed by atoms with Crippen LogP contribution in [0.25, 0.3) is 0 Å². The first-order valence-corrected chi connectivity index (χ1v) is 14.1.